The van der Waals surface area contributed by atoms with Crippen LogP contribution in [-0.4, -0.2) is 11.0 Å². The van der Waals surface area contributed by atoms with Crippen LogP contribution in [0.3, 0.4) is 0 Å². The Bertz CT molecular complexity index is 636. The summed E-state index contributed by atoms with van der Waals surface area (Å²) in [4.78, 5) is 0. The summed E-state index contributed by atoms with van der Waals surface area (Å²) in [5, 5.41) is 9.22. The highest BCUT2D eigenvalue weighted by Crippen LogP contribution is 2.20. The van der Waals surface area contributed by atoms with Crippen molar-refractivity contribution in [3.63, 3.8) is 0 Å². The molecule has 0 spiro atoms. The summed E-state index contributed by atoms with van der Waals surface area (Å²) >= 11 is 5.54. The van der Waals surface area contributed by atoms with E-state index >= 15 is 0 Å². The van der Waals surface area contributed by atoms with Crippen molar-refractivity contribution in [3.8, 4) is 23.3 Å². The number of ether oxygens (including phenoxy) is 1. The number of phenols is 1. The van der Waals surface area contributed by atoms with Gasteiger partial charge in [-0.05, 0) is 48.4 Å². The maximum Gasteiger partial charge on any atom is 0.122 e. The average Bonchev–Trinajstić information content (AvgIpc) is 2.46. The Morgan fingerprint density at radius 3 is 2.55 bits per heavy atom. The molecule has 0 amide bonds. The van der Waals surface area contributed by atoms with Crippen LogP contribution in [0.5, 0.6) is 11.5 Å². The molecule has 0 radical (unpaired) electrons. The molecule has 0 aliphatic carbocycles. The van der Waals surface area contributed by atoms with Gasteiger partial charge < -0.3 is 9.84 Å². The van der Waals surface area contributed by atoms with E-state index in [0.717, 1.165) is 22.4 Å². The van der Waals surface area contributed by atoms with Gasteiger partial charge in [-0.1, -0.05) is 24.0 Å². The average molecular weight is 287 g/mol. The summed E-state index contributed by atoms with van der Waals surface area (Å²) in [7, 11) is 0. The number of phenolic OH excluding ortho intramolecular Hbond substituents is 1. The number of hydrogen-bond donors (Lipinski definition) is 1. The van der Waals surface area contributed by atoms with Gasteiger partial charge in [0, 0.05) is 5.56 Å². The molecule has 0 aliphatic rings. The highest BCUT2D eigenvalue weighted by Gasteiger charge is 2.01. The van der Waals surface area contributed by atoms with E-state index in [4.69, 9.17) is 16.3 Å². The number of benzene rings is 2. The van der Waals surface area contributed by atoms with Crippen LogP contribution in [0.4, 0.5) is 0 Å². The number of aromatic hydroxyl groups is 1. The van der Waals surface area contributed by atoms with Crippen LogP contribution >= 0.6 is 11.6 Å². The first-order valence-electron chi connectivity index (χ1n) is 6.25. The van der Waals surface area contributed by atoms with Crippen molar-refractivity contribution in [1.82, 2.24) is 0 Å². The minimum Gasteiger partial charge on any atom is -0.508 e. The second kappa shape index (κ2) is 6.88. The predicted octanol–water partition coefficient (Wildman–Crippen LogP) is 3.87. The minimum atomic E-state index is 0.257. The first kappa shape index (κ1) is 14.3. The Balaban J connectivity index is 2.04. The van der Waals surface area contributed by atoms with Crippen molar-refractivity contribution in [3.05, 3.63) is 59.2 Å². The Kier molecular flexibility index (Phi) is 4.92. The molecule has 2 nitrogen and oxygen atoms in total. The molecule has 0 bridgehead atoms. The first-order chi connectivity index (χ1) is 9.69. The van der Waals surface area contributed by atoms with E-state index in [1.807, 2.05) is 37.3 Å². The predicted molar refractivity (Wildman–Crippen MR) is 81.2 cm³/mol. The van der Waals surface area contributed by atoms with Crippen LogP contribution in [0.1, 0.15) is 16.7 Å². The van der Waals surface area contributed by atoms with Crippen molar-refractivity contribution in [2.45, 2.75) is 13.5 Å². The van der Waals surface area contributed by atoms with Crippen molar-refractivity contribution in [1.29, 1.82) is 0 Å². The van der Waals surface area contributed by atoms with Crippen molar-refractivity contribution >= 4 is 11.6 Å². The Labute approximate surface area is 124 Å². The van der Waals surface area contributed by atoms with Gasteiger partial charge in [-0.2, -0.15) is 0 Å². The number of hydrogen-bond acceptors (Lipinski definition) is 2. The van der Waals surface area contributed by atoms with Crippen molar-refractivity contribution in [2.75, 3.05) is 5.88 Å². The summed E-state index contributed by atoms with van der Waals surface area (Å²) < 4.78 is 5.77. The molecule has 0 fully saturated rings. The molecule has 0 aromatic heterocycles. The SMILES string of the molecule is Cc1cc(C#CCCl)ccc1OCc1ccc(O)cc1. The van der Waals surface area contributed by atoms with E-state index in [9.17, 15) is 5.11 Å². The fourth-order valence-electron chi connectivity index (χ4n) is 1.78. The Morgan fingerprint density at radius 2 is 1.90 bits per heavy atom. The largest absolute Gasteiger partial charge is 0.508 e. The van der Waals surface area contributed by atoms with Gasteiger partial charge in [0.25, 0.3) is 0 Å². The molecule has 102 valence electrons. The topological polar surface area (TPSA) is 29.5 Å². The third-order valence-corrected chi connectivity index (χ3v) is 2.94. The first-order valence-corrected chi connectivity index (χ1v) is 6.78. The maximum atomic E-state index is 9.22. The normalized spacial score (nSPS) is 9.70. The molecule has 0 heterocycles. The Hall–Kier alpha value is -2.11. The monoisotopic (exact) mass is 286 g/mol. The molecule has 0 saturated heterocycles. The maximum absolute atomic E-state index is 9.22. The van der Waals surface area contributed by atoms with Crippen molar-refractivity contribution in [2.24, 2.45) is 0 Å². The van der Waals surface area contributed by atoms with Crippen LogP contribution in [-0.2, 0) is 6.61 Å². The summed E-state index contributed by atoms with van der Waals surface area (Å²) in [6.45, 7) is 2.45. The summed E-state index contributed by atoms with van der Waals surface area (Å²) in [5.74, 6) is 7.22. The number of halogens is 1. The van der Waals surface area contributed by atoms with E-state index in [1.54, 1.807) is 12.1 Å². The van der Waals surface area contributed by atoms with Crippen LogP contribution in [0.25, 0.3) is 0 Å². The smallest absolute Gasteiger partial charge is 0.122 e. The lowest BCUT2D eigenvalue weighted by atomic mass is 10.1. The van der Waals surface area contributed by atoms with Crippen molar-refractivity contribution < 1.29 is 9.84 Å². The summed E-state index contributed by atoms with van der Waals surface area (Å²) in [6.07, 6.45) is 0. The zero-order valence-corrected chi connectivity index (χ0v) is 11.9. The lowest BCUT2D eigenvalue weighted by Gasteiger charge is -2.09. The number of rotatable bonds is 3. The highest BCUT2D eigenvalue weighted by atomic mass is 35.5. The van der Waals surface area contributed by atoms with E-state index in [-0.39, 0.29) is 5.75 Å². The number of aryl methyl sites for hydroxylation is 1. The second-order valence-corrected chi connectivity index (χ2v) is 4.64. The van der Waals surface area contributed by atoms with Gasteiger partial charge >= 0.3 is 0 Å². The molecular weight excluding hydrogens is 272 g/mol. The zero-order chi connectivity index (χ0) is 14.4. The molecule has 20 heavy (non-hydrogen) atoms. The second-order valence-electron chi connectivity index (χ2n) is 4.37. The fraction of sp³-hybridized carbons (Fsp3) is 0.176. The molecular formula is C17H15ClO2. The van der Waals surface area contributed by atoms with Gasteiger partial charge in [0.15, 0.2) is 0 Å². The van der Waals surface area contributed by atoms with E-state index in [2.05, 4.69) is 11.8 Å². The number of alkyl halides is 1. The van der Waals surface area contributed by atoms with Crippen LogP contribution in [0, 0.1) is 18.8 Å². The molecule has 2 aromatic rings. The standard InChI is InChI=1S/C17H15ClO2/c1-13-11-14(3-2-10-18)6-9-17(13)20-12-15-4-7-16(19)8-5-15/h4-9,11,19H,10,12H2,1H3. The molecule has 0 saturated carbocycles. The van der Waals surface area contributed by atoms with E-state index in [1.165, 1.54) is 0 Å². The van der Waals surface area contributed by atoms with Gasteiger partial charge in [-0.15, -0.1) is 11.6 Å². The highest BCUT2D eigenvalue weighted by molar-refractivity contribution is 6.19. The third-order valence-electron chi connectivity index (χ3n) is 2.81. The quantitative estimate of drug-likeness (QED) is 0.685. The Morgan fingerprint density at radius 1 is 1.15 bits per heavy atom. The zero-order valence-electron chi connectivity index (χ0n) is 11.2. The lowest BCUT2D eigenvalue weighted by Crippen LogP contribution is -1.97. The van der Waals surface area contributed by atoms with Gasteiger partial charge in [0.05, 0.1) is 5.88 Å². The van der Waals surface area contributed by atoms with Crippen LogP contribution in [0.15, 0.2) is 42.5 Å². The van der Waals surface area contributed by atoms with Crippen LogP contribution in [0.2, 0.25) is 0 Å². The lowest BCUT2D eigenvalue weighted by molar-refractivity contribution is 0.304. The molecule has 0 atom stereocenters. The summed E-state index contributed by atoms with van der Waals surface area (Å²) in [5.41, 5.74) is 2.97. The van der Waals surface area contributed by atoms with Gasteiger partial charge in [0.1, 0.15) is 18.1 Å². The molecule has 1 N–H and O–H groups in total. The fourth-order valence-corrected chi connectivity index (χ4v) is 1.84. The third kappa shape index (κ3) is 3.94. The molecule has 2 rings (SSSR count). The summed E-state index contributed by atoms with van der Waals surface area (Å²) in [6, 6.07) is 12.8. The molecule has 3 heteroatoms. The minimum absolute atomic E-state index is 0.257. The van der Waals surface area contributed by atoms with Crippen LogP contribution < -0.4 is 4.74 Å². The van der Waals surface area contributed by atoms with E-state index < -0.39 is 0 Å². The van der Waals surface area contributed by atoms with Gasteiger partial charge in [-0.25, -0.2) is 0 Å². The molecule has 0 unspecified atom stereocenters. The van der Waals surface area contributed by atoms with E-state index in [0.29, 0.717) is 12.5 Å². The molecule has 0 aliphatic heterocycles. The van der Waals surface area contributed by atoms with Gasteiger partial charge in [0.2, 0.25) is 0 Å². The molecule has 2 aromatic carbocycles. The van der Waals surface area contributed by atoms with Gasteiger partial charge in [-0.3, -0.25) is 0 Å².